The topological polar surface area (TPSA) is 80.8 Å². The second-order valence-electron chi connectivity index (χ2n) is 5.45. The number of carboxylic acids is 1. The maximum Gasteiger partial charge on any atom is 0.267 e. The normalized spacial score (nSPS) is 21.2. The summed E-state index contributed by atoms with van der Waals surface area (Å²) in [5, 5.41) is 11.1. The van der Waals surface area contributed by atoms with Crippen LogP contribution >= 0.6 is 39.9 Å². The molecule has 0 aliphatic carbocycles. The molecule has 2 heterocycles. The molecule has 1 fully saturated rings. The molecule has 0 bridgehead atoms. The minimum Gasteiger partial charge on any atom is -0.548 e. The van der Waals surface area contributed by atoms with Gasteiger partial charge in [-0.25, -0.2) is 0 Å². The number of thioether (sulfide) groups is 1. The van der Waals surface area contributed by atoms with Crippen molar-refractivity contribution in [2.45, 2.75) is 19.9 Å². The standard InChI is InChI=1S/C16H13BrN2O4S2/c1-3-18-10-5-4-8(17)6-9(10)11(13(18)20)12-14(21)19(16(24)25-12)7(2)15(22)23/h4-7H,3H2,1-2H3,(H,22,23)/p-1/b12-11-/t7-/m0/s1. The van der Waals surface area contributed by atoms with Gasteiger partial charge in [0.05, 0.1) is 28.2 Å². The number of amides is 2. The lowest BCUT2D eigenvalue weighted by molar-refractivity contribution is -0.309. The quantitative estimate of drug-likeness (QED) is 0.524. The first-order valence-electron chi connectivity index (χ1n) is 7.40. The van der Waals surface area contributed by atoms with Crippen LogP contribution in [0.1, 0.15) is 19.4 Å². The molecule has 6 nitrogen and oxygen atoms in total. The van der Waals surface area contributed by atoms with Crippen LogP contribution in [-0.4, -0.2) is 39.6 Å². The number of carbonyl (C=O) groups is 3. The Balaban J connectivity index is 2.17. The third kappa shape index (κ3) is 2.80. The minimum atomic E-state index is -1.40. The molecule has 0 radical (unpaired) electrons. The zero-order valence-electron chi connectivity index (χ0n) is 13.2. The van der Waals surface area contributed by atoms with Crippen LogP contribution in [0.15, 0.2) is 27.6 Å². The van der Waals surface area contributed by atoms with E-state index in [1.165, 1.54) is 6.92 Å². The van der Waals surface area contributed by atoms with Gasteiger partial charge < -0.3 is 14.8 Å². The first-order chi connectivity index (χ1) is 11.8. The fraction of sp³-hybridized carbons (Fsp3) is 0.250. The fourth-order valence-electron chi connectivity index (χ4n) is 2.81. The van der Waals surface area contributed by atoms with Crippen LogP contribution < -0.4 is 10.0 Å². The molecule has 1 aromatic carbocycles. The Bertz CT molecular complexity index is 868. The van der Waals surface area contributed by atoms with E-state index < -0.39 is 17.9 Å². The average Bonchev–Trinajstić information content (AvgIpc) is 2.98. The summed E-state index contributed by atoms with van der Waals surface area (Å²) in [6.45, 7) is 3.62. The van der Waals surface area contributed by atoms with Gasteiger partial charge in [0.1, 0.15) is 4.32 Å². The molecule has 0 saturated carbocycles. The van der Waals surface area contributed by atoms with Crippen molar-refractivity contribution in [2.75, 3.05) is 11.4 Å². The number of aliphatic carboxylic acids is 1. The monoisotopic (exact) mass is 439 g/mol. The van der Waals surface area contributed by atoms with E-state index in [-0.39, 0.29) is 20.7 Å². The molecular weight excluding hydrogens is 428 g/mol. The Morgan fingerprint density at radius 1 is 1.36 bits per heavy atom. The van der Waals surface area contributed by atoms with Crippen LogP contribution in [-0.2, 0) is 14.4 Å². The third-order valence-corrected chi connectivity index (χ3v) is 5.94. The van der Waals surface area contributed by atoms with Gasteiger partial charge in [-0.1, -0.05) is 39.9 Å². The average molecular weight is 440 g/mol. The number of nitrogens with zero attached hydrogens (tertiary/aromatic N) is 2. The molecule has 130 valence electrons. The third-order valence-electron chi connectivity index (χ3n) is 4.05. The SMILES string of the molecule is CCN1C(=O)/C(=C2\SC(=S)N([C@@H](C)C(=O)[O-])C2=O)c2cc(Br)ccc21. The molecule has 0 unspecified atom stereocenters. The van der Waals surface area contributed by atoms with Gasteiger partial charge in [-0.3, -0.25) is 14.5 Å². The van der Waals surface area contributed by atoms with E-state index in [1.54, 1.807) is 17.0 Å². The largest absolute Gasteiger partial charge is 0.548 e. The number of thiocarbonyl (C=S) groups is 1. The van der Waals surface area contributed by atoms with Crippen molar-refractivity contribution in [1.29, 1.82) is 0 Å². The minimum absolute atomic E-state index is 0.100. The molecule has 2 aliphatic heterocycles. The van der Waals surface area contributed by atoms with Crippen LogP contribution in [0.3, 0.4) is 0 Å². The Morgan fingerprint density at radius 2 is 2.04 bits per heavy atom. The molecule has 1 atom stereocenters. The summed E-state index contributed by atoms with van der Waals surface area (Å²) >= 11 is 9.48. The van der Waals surface area contributed by atoms with Crippen LogP contribution in [0, 0.1) is 0 Å². The summed E-state index contributed by atoms with van der Waals surface area (Å²) < 4.78 is 0.872. The first-order valence-corrected chi connectivity index (χ1v) is 9.42. The van der Waals surface area contributed by atoms with E-state index in [9.17, 15) is 19.5 Å². The highest BCUT2D eigenvalue weighted by atomic mass is 79.9. The van der Waals surface area contributed by atoms with E-state index in [1.807, 2.05) is 13.0 Å². The number of hydrogen-bond acceptors (Lipinski definition) is 6. The van der Waals surface area contributed by atoms with Crippen LogP contribution in [0.25, 0.3) is 5.57 Å². The predicted octanol–water partition coefficient (Wildman–Crippen LogP) is 1.53. The summed E-state index contributed by atoms with van der Waals surface area (Å²) in [6, 6.07) is 4.19. The molecule has 1 aromatic rings. The van der Waals surface area contributed by atoms with Crippen molar-refractivity contribution in [2.24, 2.45) is 0 Å². The van der Waals surface area contributed by atoms with Gasteiger partial charge in [0.15, 0.2) is 0 Å². The van der Waals surface area contributed by atoms with Crippen molar-refractivity contribution < 1.29 is 19.5 Å². The lowest BCUT2D eigenvalue weighted by atomic mass is 10.1. The molecule has 1 saturated heterocycles. The van der Waals surface area contributed by atoms with Gasteiger partial charge in [-0.15, -0.1) is 0 Å². The number of benzene rings is 1. The lowest BCUT2D eigenvalue weighted by Gasteiger charge is -2.23. The summed E-state index contributed by atoms with van der Waals surface area (Å²) in [5.41, 5.74) is 1.59. The van der Waals surface area contributed by atoms with E-state index in [4.69, 9.17) is 12.2 Å². The Hall–Kier alpha value is -1.71. The molecular formula is C16H12BrN2O4S2-. The predicted molar refractivity (Wildman–Crippen MR) is 101 cm³/mol. The highest BCUT2D eigenvalue weighted by Gasteiger charge is 2.43. The summed E-state index contributed by atoms with van der Waals surface area (Å²) in [5.74, 6) is -2.28. The van der Waals surface area contributed by atoms with Crippen molar-refractivity contribution in [3.8, 4) is 0 Å². The van der Waals surface area contributed by atoms with Gasteiger partial charge in [-0.2, -0.15) is 0 Å². The van der Waals surface area contributed by atoms with Crippen molar-refractivity contribution in [3.63, 3.8) is 0 Å². The Kier molecular flexibility index (Phi) is 4.74. The van der Waals surface area contributed by atoms with Gasteiger partial charge in [0.2, 0.25) is 0 Å². The maximum atomic E-state index is 12.9. The number of hydrogen-bond donors (Lipinski definition) is 0. The number of halogens is 1. The maximum absolute atomic E-state index is 12.9. The molecule has 25 heavy (non-hydrogen) atoms. The van der Waals surface area contributed by atoms with E-state index in [0.29, 0.717) is 17.8 Å². The van der Waals surface area contributed by atoms with Gasteiger partial charge in [-0.05, 0) is 32.0 Å². The number of anilines is 1. The number of likely N-dealkylation sites (N-methyl/N-ethyl adjacent to an activating group) is 1. The zero-order chi connectivity index (χ0) is 18.5. The number of carbonyl (C=O) groups excluding carboxylic acids is 3. The molecule has 0 aromatic heterocycles. The van der Waals surface area contributed by atoms with E-state index in [0.717, 1.165) is 21.1 Å². The van der Waals surface area contributed by atoms with Crippen LogP contribution in [0.5, 0.6) is 0 Å². The van der Waals surface area contributed by atoms with Crippen LogP contribution in [0.2, 0.25) is 0 Å². The molecule has 2 amide bonds. The lowest BCUT2D eigenvalue weighted by Crippen LogP contribution is -2.48. The zero-order valence-corrected chi connectivity index (χ0v) is 16.5. The van der Waals surface area contributed by atoms with Crippen molar-refractivity contribution in [3.05, 3.63) is 33.1 Å². The Morgan fingerprint density at radius 3 is 2.64 bits per heavy atom. The van der Waals surface area contributed by atoms with E-state index >= 15 is 0 Å². The fourth-order valence-corrected chi connectivity index (χ4v) is 4.66. The van der Waals surface area contributed by atoms with Gasteiger partial charge in [0.25, 0.3) is 11.8 Å². The van der Waals surface area contributed by atoms with Gasteiger partial charge in [0, 0.05) is 16.6 Å². The molecule has 3 rings (SSSR count). The first kappa shape index (κ1) is 18.1. The smallest absolute Gasteiger partial charge is 0.267 e. The second kappa shape index (κ2) is 6.54. The van der Waals surface area contributed by atoms with Crippen LogP contribution in [0.4, 0.5) is 5.69 Å². The van der Waals surface area contributed by atoms with Crippen molar-refractivity contribution >= 4 is 73.3 Å². The number of rotatable bonds is 3. The molecule has 0 spiro atoms. The summed E-state index contributed by atoms with van der Waals surface area (Å²) in [7, 11) is 0. The molecule has 9 heteroatoms. The van der Waals surface area contributed by atoms with Crippen molar-refractivity contribution in [1.82, 2.24) is 4.90 Å². The van der Waals surface area contributed by atoms with Gasteiger partial charge >= 0.3 is 0 Å². The molecule has 2 aliphatic rings. The highest BCUT2D eigenvalue weighted by Crippen LogP contribution is 2.45. The number of fused-ring (bicyclic) bond motifs is 1. The van der Waals surface area contributed by atoms with E-state index in [2.05, 4.69) is 15.9 Å². The molecule has 0 N–H and O–H groups in total. The Labute approximate surface area is 162 Å². The second-order valence-corrected chi connectivity index (χ2v) is 8.01. The number of carboxylic acid groups (broad SMARTS) is 1. The highest BCUT2D eigenvalue weighted by molar-refractivity contribution is 9.10. The summed E-state index contributed by atoms with van der Waals surface area (Å²) in [6.07, 6.45) is 0. The summed E-state index contributed by atoms with van der Waals surface area (Å²) in [4.78, 5) is 39.5.